The lowest BCUT2D eigenvalue weighted by Crippen LogP contribution is -3.15. The summed E-state index contributed by atoms with van der Waals surface area (Å²) in [4.78, 5) is 20.1. The van der Waals surface area contributed by atoms with Crippen molar-refractivity contribution in [2.45, 2.75) is 39.3 Å². The third-order valence-corrected chi connectivity index (χ3v) is 9.00. The Morgan fingerprint density at radius 2 is 1.79 bits per heavy atom. The van der Waals surface area contributed by atoms with E-state index in [1.54, 1.807) is 0 Å². The zero-order valence-corrected chi connectivity index (χ0v) is 25.0. The monoisotopic (exact) mass is 574 g/mol. The molecule has 0 saturated heterocycles. The van der Waals surface area contributed by atoms with Gasteiger partial charge in [0.1, 0.15) is 12.6 Å². The summed E-state index contributed by atoms with van der Waals surface area (Å²) in [6.45, 7) is 17.7. The van der Waals surface area contributed by atoms with E-state index in [0.717, 1.165) is 48.6 Å². The lowest BCUT2D eigenvalue weighted by atomic mass is 9.71. The van der Waals surface area contributed by atoms with Crippen molar-refractivity contribution >= 4 is 22.6 Å². The van der Waals surface area contributed by atoms with Crippen LogP contribution in [0.4, 0.5) is 5.69 Å². The second kappa shape index (κ2) is 13.3. The number of nitriles is 1. The zero-order chi connectivity index (χ0) is 30.5. The molecule has 0 fully saturated rings. The molecule has 7 heteroatoms. The highest BCUT2D eigenvalue weighted by molar-refractivity contribution is 6.29. The lowest BCUT2D eigenvalue weighted by Gasteiger charge is -2.40. The maximum atomic E-state index is 13.1. The molecule has 220 valence electrons. The number of rotatable bonds is 11. The fourth-order valence-electron chi connectivity index (χ4n) is 6.56. The third-order valence-electron chi connectivity index (χ3n) is 9.00. The van der Waals surface area contributed by atoms with E-state index in [9.17, 15) is 15.2 Å². The normalized spacial score (nSPS) is 24.2. The van der Waals surface area contributed by atoms with Crippen molar-refractivity contribution < 1.29 is 19.5 Å². The molecule has 0 amide bonds. The van der Waals surface area contributed by atoms with Crippen molar-refractivity contribution in [2.75, 3.05) is 37.7 Å². The van der Waals surface area contributed by atoms with E-state index in [2.05, 4.69) is 42.7 Å². The summed E-state index contributed by atoms with van der Waals surface area (Å²) < 4.78 is 6.31. The van der Waals surface area contributed by atoms with E-state index in [1.807, 2.05) is 66.8 Å². The maximum Gasteiger partial charge on any atom is 0.265 e. The highest BCUT2D eigenvalue weighted by Crippen LogP contribution is 2.43. The van der Waals surface area contributed by atoms with Crippen molar-refractivity contribution in [3.05, 3.63) is 112 Å². The minimum atomic E-state index is -0.641. The zero-order valence-electron chi connectivity index (χ0n) is 25.0. The molecule has 0 radical (unpaired) electrons. The molecule has 7 nitrogen and oxygen atoms in total. The van der Waals surface area contributed by atoms with Crippen LogP contribution in [0, 0.1) is 29.7 Å². The lowest BCUT2D eigenvalue weighted by molar-refractivity contribution is -0.910. The molecule has 2 aromatic rings. The van der Waals surface area contributed by atoms with Crippen molar-refractivity contribution in [2.24, 2.45) is 11.8 Å². The fourth-order valence-corrected chi connectivity index (χ4v) is 6.56. The van der Waals surface area contributed by atoms with Crippen LogP contribution in [0.2, 0.25) is 0 Å². The number of nitrogens with zero attached hydrogens (tertiary/aromatic N) is 3. The van der Waals surface area contributed by atoms with Crippen LogP contribution in [0.3, 0.4) is 0 Å². The van der Waals surface area contributed by atoms with Gasteiger partial charge in [-0.1, -0.05) is 48.6 Å². The number of ether oxygens (including phenoxy) is 1. The second-order valence-corrected chi connectivity index (χ2v) is 11.1. The quantitative estimate of drug-likeness (QED) is 0.248. The number of carbonyl (C=O) groups excluding carboxylic acids is 1. The van der Waals surface area contributed by atoms with Gasteiger partial charge in [-0.25, -0.2) is 10.1 Å². The summed E-state index contributed by atoms with van der Waals surface area (Å²) in [7, 11) is 0. The second-order valence-electron chi connectivity index (χ2n) is 11.1. The number of ketones is 1. The molecule has 0 heterocycles. The number of carbonyl (C=O) groups is 1. The predicted octanol–water partition coefficient (Wildman–Crippen LogP) is 4.13. The van der Waals surface area contributed by atoms with Crippen LogP contribution in [0.15, 0.2) is 84.3 Å². The Kier molecular flexibility index (Phi) is 9.26. The molecule has 0 aromatic heterocycles. The molecule has 43 heavy (non-hydrogen) atoms. The standard InChI is InChI=1S/C36H38N4O3/c1-5-39(6-2)26-16-12-24(13-17-26)33-35(41)34(36(33)42)25-14-18-27(19-15-25)40(7-3)20-21-43-32-22-30(31(23-37)38-4)28-10-8-9-11-29(28)32/h8-19,25,27,32,34,41H,5-7,20-22H2,1-3H3/b31-30+. The number of quaternary nitrogens is 1. The summed E-state index contributed by atoms with van der Waals surface area (Å²) in [5.74, 6) is -1.01. The van der Waals surface area contributed by atoms with Gasteiger partial charge in [0.05, 0.1) is 31.9 Å². The molecule has 3 aliphatic carbocycles. The van der Waals surface area contributed by atoms with Crippen LogP contribution in [-0.4, -0.2) is 44.6 Å². The summed E-state index contributed by atoms with van der Waals surface area (Å²) in [6.07, 6.45) is 8.61. The highest BCUT2D eigenvalue weighted by Gasteiger charge is 2.39. The number of nitrogens with one attached hydrogen (secondary N) is 1. The Morgan fingerprint density at radius 3 is 2.40 bits per heavy atom. The molecule has 2 aromatic carbocycles. The summed E-state index contributed by atoms with van der Waals surface area (Å²) >= 11 is 0. The average molecular weight is 575 g/mol. The van der Waals surface area contributed by atoms with Crippen molar-refractivity contribution in [3.8, 4) is 6.07 Å². The van der Waals surface area contributed by atoms with Crippen LogP contribution >= 0.6 is 0 Å². The molecule has 0 bridgehead atoms. The van der Waals surface area contributed by atoms with Gasteiger partial charge in [-0.2, -0.15) is 0 Å². The van der Waals surface area contributed by atoms with Crippen LogP contribution in [0.5, 0.6) is 0 Å². The van der Waals surface area contributed by atoms with Gasteiger partial charge < -0.3 is 19.6 Å². The number of allylic oxidation sites excluding steroid dienone is 5. The van der Waals surface area contributed by atoms with Crippen molar-refractivity contribution in [3.63, 3.8) is 0 Å². The van der Waals surface area contributed by atoms with Gasteiger partial charge in [-0.3, -0.25) is 4.79 Å². The number of hydrogen-bond acceptors (Lipinski definition) is 5. The van der Waals surface area contributed by atoms with E-state index >= 15 is 0 Å². The number of benzene rings is 2. The Balaban J connectivity index is 1.18. The Morgan fingerprint density at radius 1 is 1.09 bits per heavy atom. The molecule has 0 saturated carbocycles. The molecule has 1 N–H and O–H groups in total. The van der Waals surface area contributed by atoms with Gasteiger partial charge >= 0.3 is 0 Å². The first-order valence-corrected chi connectivity index (χ1v) is 15.2. The molecule has 5 rings (SSSR count). The van der Waals surface area contributed by atoms with E-state index in [1.165, 1.54) is 4.90 Å². The number of anilines is 1. The van der Waals surface area contributed by atoms with Gasteiger partial charge in [0.2, 0.25) is 0 Å². The van der Waals surface area contributed by atoms with Crippen LogP contribution < -0.4 is 14.9 Å². The molecular weight excluding hydrogens is 536 g/mol. The predicted molar refractivity (Wildman–Crippen MR) is 166 cm³/mol. The molecular formula is C36H38N4O3. The smallest absolute Gasteiger partial charge is 0.265 e. The average Bonchev–Trinajstić information content (AvgIpc) is 3.40. The number of hydrogen-bond donors (Lipinski definition) is 1. The summed E-state index contributed by atoms with van der Waals surface area (Å²) in [5, 5.41) is 22.6. The molecule has 0 spiro atoms. The fraction of sp³-hybridized carbons (Fsp3) is 0.361. The third kappa shape index (κ3) is 5.79. The highest BCUT2D eigenvalue weighted by atomic mass is 16.5. The maximum absolute atomic E-state index is 13.1. The van der Waals surface area contributed by atoms with E-state index in [-0.39, 0.29) is 35.3 Å². The summed E-state index contributed by atoms with van der Waals surface area (Å²) in [5.41, 5.74) is 4.97. The first-order valence-electron chi connectivity index (χ1n) is 15.2. The van der Waals surface area contributed by atoms with E-state index in [0.29, 0.717) is 24.2 Å². The minimum Gasteiger partial charge on any atom is -0.874 e. The Bertz CT molecular complexity index is 1540. The number of fused-ring (bicyclic) bond motifs is 1. The van der Waals surface area contributed by atoms with Crippen LogP contribution in [0.1, 0.15) is 50.0 Å². The van der Waals surface area contributed by atoms with Gasteiger partial charge in [0.25, 0.3) is 5.70 Å². The van der Waals surface area contributed by atoms with Gasteiger partial charge in [-0.05, 0) is 73.7 Å². The summed E-state index contributed by atoms with van der Waals surface area (Å²) in [6, 6.07) is 17.7. The molecule has 3 unspecified atom stereocenters. The van der Waals surface area contributed by atoms with Gasteiger partial charge in [-0.15, -0.1) is 5.76 Å². The first-order chi connectivity index (χ1) is 20.9. The van der Waals surface area contributed by atoms with E-state index < -0.39 is 5.92 Å². The Hall–Kier alpha value is -4.43. The van der Waals surface area contributed by atoms with Crippen molar-refractivity contribution in [1.82, 2.24) is 0 Å². The molecule has 0 aliphatic heterocycles. The van der Waals surface area contributed by atoms with Crippen LogP contribution in [0.25, 0.3) is 16.0 Å². The van der Waals surface area contributed by atoms with Crippen molar-refractivity contribution in [1.29, 1.82) is 5.26 Å². The number of Topliss-reactive ketones (excluding diaryl/α,β-unsaturated/α-hetero) is 1. The largest absolute Gasteiger partial charge is 0.874 e. The van der Waals surface area contributed by atoms with Gasteiger partial charge in [0, 0.05) is 36.2 Å². The molecule has 3 aliphatic rings. The van der Waals surface area contributed by atoms with Gasteiger partial charge in [0.15, 0.2) is 5.78 Å². The topological polar surface area (TPSA) is 85.2 Å². The minimum absolute atomic E-state index is 0.0746. The van der Waals surface area contributed by atoms with Crippen LogP contribution in [-0.2, 0) is 9.53 Å². The first kappa shape index (κ1) is 30.0. The molecule has 3 atom stereocenters. The SMILES string of the molecule is [C-]#[N+]/C(C#N)=C1\CC(OCC[NH+](CC)C2C=CC(C3C(=O)C(c4ccc(N(CC)CC)cc4)=C3[O-])C=C2)c2ccccc21. The Labute approximate surface area is 254 Å². The van der Waals surface area contributed by atoms with E-state index in [4.69, 9.17) is 11.3 Å². The number of likely N-dealkylation sites (N-methyl/N-ethyl adjacent to an activating group) is 1.